The van der Waals surface area contributed by atoms with Crippen LogP contribution in [-0.4, -0.2) is 17.0 Å². The lowest BCUT2D eigenvalue weighted by molar-refractivity contribution is 0.0928. The Kier molecular flexibility index (Phi) is 4.13. The number of furan rings is 1. The molecular formula is C16H19NO3. The van der Waals surface area contributed by atoms with Gasteiger partial charge < -0.3 is 13.7 Å². The molecule has 4 heteroatoms. The summed E-state index contributed by atoms with van der Waals surface area (Å²) in [5.74, 6) is 0.880. The molecule has 0 saturated heterocycles. The van der Waals surface area contributed by atoms with Gasteiger partial charge in [-0.05, 0) is 39.0 Å². The van der Waals surface area contributed by atoms with E-state index in [4.69, 9.17) is 9.15 Å². The third-order valence-electron chi connectivity index (χ3n) is 3.28. The summed E-state index contributed by atoms with van der Waals surface area (Å²) < 4.78 is 12.6. The first-order valence-electron chi connectivity index (χ1n) is 6.60. The van der Waals surface area contributed by atoms with Crippen molar-refractivity contribution in [2.24, 2.45) is 0 Å². The third kappa shape index (κ3) is 2.69. The van der Waals surface area contributed by atoms with Crippen LogP contribution in [0, 0.1) is 13.8 Å². The van der Waals surface area contributed by atoms with Crippen LogP contribution in [0.2, 0.25) is 0 Å². The fourth-order valence-corrected chi connectivity index (χ4v) is 2.22. The van der Waals surface area contributed by atoms with Crippen LogP contribution in [0.5, 0.6) is 0 Å². The smallest absolute Gasteiger partial charge is 0.228 e. The lowest BCUT2D eigenvalue weighted by atomic mass is 10.1. The molecule has 0 spiro atoms. The first-order valence-corrected chi connectivity index (χ1v) is 6.60. The van der Waals surface area contributed by atoms with Crippen molar-refractivity contribution in [3.8, 4) is 0 Å². The molecule has 0 saturated carbocycles. The van der Waals surface area contributed by atoms with Gasteiger partial charge >= 0.3 is 0 Å². The van der Waals surface area contributed by atoms with Crippen molar-refractivity contribution in [2.75, 3.05) is 6.61 Å². The van der Waals surface area contributed by atoms with Gasteiger partial charge in [-0.3, -0.25) is 4.79 Å². The Morgan fingerprint density at radius 3 is 2.80 bits per heavy atom. The first-order chi connectivity index (χ1) is 9.54. The standard InChI is InChI=1S/C16H19NO3/c1-5-19-13(4)16(18)15-9-11(2)17(12(15)3)10-14-7-6-8-20-14/h6-9H,4-5,10H2,1-3H3. The minimum absolute atomic E-state index is 0.161. The zero-order valence-electron chi connectivity index (χ0n) is 12.1. The monoisotopic (exact) mass is 273 g/mol. The van der Waals surface area contributed by atoms with Crippen LogP contribution in [-0.2, 0) is 11.3 Å². The largest absolute Gasteiger partial charge is 0.490 e. The maximum Gasteiger partial charge on any atom is 0.228 e. The third-order valence-corrected chi connectivity index (χ3v) is 3.28. The number of aryl methyl sites for hydroxylation is 1. The number of carbonyl (C=O) groups excluding carboxylic acids is 1. The van der Waals surface area contributed by atoms with Gasteiger partial charge in [0.15, 0.2) is 5.76 Å². The summed E-state index contributed by atoms with van der Waals surface area (Å²) in [7, 11) is 0. The zero-order valence-corrected chi connectivity index (χ0v) is 12.1. The quantitative estimate of drug-likeness (QED) is 0.460. The maximum absolute atomic E-state index is 12.3. The normalized spacial score (nSPS) is 10.6. The molecule has 0 atom stereocenters. The van der Waals surface area contributed by atoms with E-state index in [1.54, 1.807) is 6.26 Å². The summed E-state index contributed by atoms with van der Waals surface area (Å²) in [4.78, 5) is 12.3. The Bertz CT molecular complexity index is 620. The first kappa shape index (κ1) is 14.2. The van der Waals surface area contributed by atoms with E-state index in [-0.39, 0.29) is 11.5 Å². The molecular weight excluding hydrogens is 254 g/mol. The molecule has 4 nitrogen and oxygen atoms in total. The van der Waals surface area contributed by atoms with E-state index in [1.165, 1.54) is 0 Å². The van der Waals surface area contributed by atoms with E-state index in [9.17, 15) is 4.79 Å². The Balaban J connectivity index is 2.29. The molecule has 2 aromatic heterocycles. The van der Waals surface area contributed by atoms with Crippen molar-refractivity contribution in [2.45, 2.75) is 27.3 Å². The Morgan fingerprint density at radius 1 is 1.45 bits per heavy atom. The second kappa shape index (κ2) is 5.82. The molecule has 0 aliphatic carbocycles. The van der Waals surface area contributed by atoms with E-state index in [2.05, 4.69) is 6.58 Å². The second-order valence-electron chi connectivity index (χ2n) is 4.64. The van der Waals surface area contributed by atoms with Gasteiger partial charge in [0, 0.05) is 17.0 Å². The molecule has 0 amide bonds. The molecule has 0 aromatic carbocycles. The Hall–Kier alpha value is -2.23. The molecule has 20 heavy (non-hydrogen) atoms. The predicted octanol–water partition coefficient (Wildman–Crippen LogP) is 3.48. The van der Waals surface area contributed by atoms with E-state index in [1.807, 2.05) is 43.5 Å². The van der Waals surface area contributed by atoms with Gasteiger partial charge in [0.25, 0.3) is 0 Å². The number of ketones is 1. The van der Waals surface area contributed by atoms with E-state index in [0.717, 1.165) is 17.1 Å². The van der Waals surface area contributed by atoms with Gasteiger partial charge in [0.2, 0.25) is 5.78 Å². The molecule has 0 aliphatic rings. The number of allylic oxidation sites excluding steroid dienone is 1. The topological polar surface area (TPSA) is 44.4 Å². The predicted molar refractivity (Wildman–Crippen MR) is 76.8 cm³/mol. The SMILES string of the molecule is C=C(OCC)C(=O)c1cc(C)n(Cc2ccco2)c1C. The van der Waals surface area contributed by atoms with Crippen LogP contribution in [0.15, 0.2) is 41.2 Å². The summed E-state index contributed by atoms with van der Waals surface area (Å²) in [6, 6.07) is 5.64. The van der Waals surface area contributed by atoms with Crippen molar-refractivity contribution in [3.05, 3.63) is 59.5 Å². The van der Waals surface area contributed by atoms with E-state index >= 15 is 0 Å². The summed E-state index contributed by atoms with van der Waals surface area (Å²) in [5, 5.41) is 0. The number of carbonyl (C=O) groups is 1. The number of ether oxygens (including phenoxy) is 1. The number of nitrogens with zero attached hydrogens (tertiary/aromatic N) is 1. The molecule has 2 aromatic rings. The van der Waals surface area contributed by atoms with Crippen LogP contribution in [0.1, 0.15) is 34.4 Å². The van der Waals surface area contributed by atoms with Crippen LogP contribution < -0.4 is 0 Å². The highest BCUT2D eigenvalue weighted by Crippen LogP contribution is 2.20. The highest BCUT2D eigenvalue weighted by Gasteiger charge is 2.19. The number of aromatic nitrogens is 1. The zero-order chi connectivity index (χ0) is 14.7. The average molecular weight is 273 g/mol. The molecule has 0 aliphatic heterocycles. The number of Topliss-reactive ketones (excluding diaryl/α,β-unsaturated/α-hetero) is 1. The second-order valence-corrected chi connectivity index (χ2v) is 4.64. The van der Waals surface area contributed by atoms with Crippen molar-refractivity contribution >= 4 is 5.78 Å². The molecule has 2 rings (SSSR count). The van der Waals surface area contributed by atoms with Crippen LogP contribution in [0.4, 0.5) is 0 Å². The fourth-order valence-electron chi connectivity index (χ4n) is 2.22. The van der Waals surface area contributed by atoms with E-state index < -0.39 is 0 Å². The van der Waals surface area contributed by atoms with E-state index in [0.29, 0.717) is 18.7 Å². The Morgan fingerprint density at radius 2 is 2.20 bits per heavy atom. The molecule has 0 N–H and O–H groups in total. The maximum atomic E-state index is 12.3. The van der Waals surface area contributed by atoms with Crippen molar-refractivity contribution in [1.82, 2.24) is 4.57 Å². The van der Waals surface area contributed by atoms with Gasteiger partial charge in [-0.25, -0.2) is 0 Å². The summed E-state index contributed by atoms with van der Waals surface area (Å²) in [6.45, 7) is 10.4. The molecule has 0 unspecified atom stereocenters. The van der Waals surface area contributed by atoms with Gasteiger partial charge in [-0.2, -0.15) is 0 Å². The summed E-state index contributed by atoms with van der Waals surface area (Å²) in [5.41, 5.74) is 2.53. The minimum atomic E-state index is -0.161. The lowest BCUT2D eigenvalue weighted by Crippen LogP contribution is -2.08. The number of hydrogen-bond acceptors (Lipinski definition) is 3. The van der Waals surface area contributed by atoms with Gasteiger partial charge in [-0.1, -0.05) is 6.58 Å². The van der Waals surface area contributed by atoms with Crippen molar-refractivity contribution in [1.29, 1.82) is 0 Å². The average Bonchev–Trinajstić information content (AvgIpc) is 3.02. The van der Waals surface area contributed by atoms with Crippen LogP contribution >= 0.6 is 0 Å². The number of rotatable bonds is 6. The van der Waals surface area contributed by atoms with Gasteiger partial charge in [0.1, 0.15) is 5.76 Å². The highest BCUT2D eigenvalue weighted by atomic mass is 16.5. The number of hydrogen-bond donors (Lipinski definition) is 0. The molecule has 106 valence electrons. The minimum Gasteiger partial charge on any atom is -0.490 e. The van der Waals surface area contributed by atoms with Crippen molar-refractivity contribution in [3.63, 3.8) is 0 Å². The Labute approximate surface area is 118 Å². The molecule has 0 radical (unpaired) electrons. The van der Waals surface area contributed by atoms with Gasteiger partial charge in [-0.15, -0.1) is 0 Å². The van der Waals surface area contributed by atoms with Gasteiger partial charge in [0.05, 0.1) is 19.4 Å². The summed E-state index contributed by atoms with van der Waals surface area (Å²) in [6.07, 6.45) is 1.65. The van der Waals surface area contributed by atoms with Crippen molar-refractivity contribution < 1.29 is 13.9 Å². The molecule has 0 fully saturated rings. The lowest BCUT2D eigenvalue weighted by Gasteiger charge is -2.08. The molecule has 2 heterocycles. The fraction of sp³-hybridized carbons (Fsp3) is 0.312. The highest BCUT2D eigenvalue weighted by molar-refractivity contribution is 6.07. The van der Waals surface area contributed by atoms with Crippen LogP contribution in [0.3, 0.4) is 0 Å². The summed E-state index contributed by atoms with van der Waals surface area (Å²) >= 11 is 0. The molecule has 0 bridgehead atoms. The van der Waals surface area contributed by atoms with Crippen LogP contribution in [0.25, 0.3) is 0 Å².